The van der Waals surface area contributed by atoms with Gasteiger partial charge in [0.1, 0.15) is 13.6 Å². The van der Waals surface area contributed by atoms with E-state index >= 15 is 0 Å². The number of hydrogen-bond acceptors (Lipinski definition) is 5. The maximum Gasteiger partial charge on any atom is 0.211 e. The predicted octanol–water partition coefficient (Wildman–Crippen LogP) is 3.09. The van der Waals surface area contributed by atoms with Gasteiger partial charge < -0.3 is 20.1 Å². The molecule has 0 saturated heterocycles. The quantitative estimate of drug-likeness (QED) is 0.255. The first-order valence-corrected chi connectivity index (χ1v) is 9.84. The number of hydrogen-bond donors (Lipinski definition) is 2. The van der Waals surface area contributed by atoms with Crippen LogP contribution in [-0.4, -0.2) is 34.5 Å². The molecule has 142 valence electrons. The SMILES string of the molecule is [B]c1ccc(N(CCCCCCN)Sc2cc(NC=O)ccc2OC)cc1. The summed E-state index contributed by atoms with van der Waals surface area (Å²) in [4.78, 5) is 11.7. The van der Waals surface area contributed by atoms with Crippen LogP contribution in [0.2, 0.25) is 0 Å². The second-order valence-corrected chi connectivity index (χ2v) is 7.18. The molecule has 3 N–H and O–H groups in total. The summed E-state index contributed by atoms with van der Waals surface area (Å²) in [7, 11) is 7.48. The number of anilines is 2. The van der Waals surface area contributed by atoms with Crippen LogP contribution < -0.4 is 25.6 Å². The first-order chi connectivity index (χ1) is 13.2. The first kappa shape index (κ1) is 21.2. The summed E-state index contributed by atoms with van der Waals surface area (Å²) in [6.45, 7) is 1.62. The molecule has 0 aliphatic rings. The van der Waals surface area contributed by atoms with Gasteiger partial charge in [0, 0.05) is 17.9 Å². The molecule has 2 aromatic rings. The summed E-state index contributed by atoms with van der Waals surface area (Å²) in [6.07, 6.45) is 5.06. The summed E-state index contributed by atoms with van der Waals surface area (Å²) >= 11 is 1.59. The van der Waals surface area contributed by atoms with E-state index in [-0.39, 0.29) is 0 Å². The molecule has 0 unspecified atom stereocenters. The van der Waals surface area contributed by atoms with Gasteiger partial charge in [0.2, 0.25) is 6.41 Å². The highest BCUT2D eigenvalue weighted by Gasteiger charge is 2.13. The molecule has 0 fully saturated rings. The zero-order valence-electron chi connectivity index (χ0n) is 15.7. The van der Waals surface area contributed by atoms with Crippen LogP contribution in [0.15, 0.2) is 47.4 Å². The average molecular weight is 383 g/mol. The van der Waals surface area contributed by atoms with Gasteiger partial charge in [0.05, 0.1) is 12.0 Å². The van der Waals surface area contributed by atoms with Gasteiger partial charge in [-0.25, -0.2) is 0 Å². The van der Waals surface area contributed by atoms with E-state index in [1.165, 1.54) is 0 Å². The van der Waals surface area contributed by atoms with E-state index < -0.39 is 0 Å². The molecule has 0 aromatic heterocycles. The number of nitrogens with zero attached hydrogens (tertiary/aromatic N) is 1. The van der Waals surface area contributed by atoms with E-state index in [1.807, 2.05) is 42.5 Å². The Morgan fingerprint density at radius 3 is 2.56 bits per heavy atom. The Kier molecular flexibility index (Phi) is 9.08. The summed E-state index contributed by atoms with van der Waals surface area (Å²) in [5.74, 6) is 0.764. The van der Waals surface area contributed by atoms with Gasteiger partial charge in [-0.2, -0.15) is 0 Å². The number of carbonyl (C=O) groups excluding carboxylic acids is 1. The Morgan fingerprint density at radius 2 is 1.89 bits per heavy atom. The summed E-state index contributed by atoms with van der Waals surface area (Å²) in [5, 5.41) is 2.69. The molecule has 0 aliphatic carbocycles. The monoisotopic (exact) mass is 383 g/mol. The lowest BCUT2D eigenvalue weighted by Gasteiger charge is -2.25. The Morgan fingerprint density at radius 1 is 1.15 bits per heavy atom. The van der Waals surface area contributed by atoms with E-state index in [9.17, 15) is 4.79 Å². The second kappa shape index (κ2) is 11.6. The molecule has 0 heterocycles. The lowest BCUT2D eigenvalue weighted by atomic mass is 9.96. The van der Waals surface area contributed by atoms with Gasteiger partial charge in [-0.15, -0.1) is 0 Å². The second-order valence-electron chi connectivity index (χ2n) is 6.12. The van der Waals surface area contributed by atoms with E-state index in [1.54, 1.807) is 19.1 Å². The van der Waals surface area contributed by atoms with E-state index in [2.05, 4.69) is 9.62 Å². The Hall–Kier alpha value is -2.12. The van der Waals surface area contributed by atoms with Crippen molar-refractivity contribution < 1.29 is 9.53 Å². The molecule has 0 atom stereocenters. The molecule has 0 saturated carbocycles. The third-order valence-electron chi connectivity index (χ3n) is 4.09. The normalized spacial score (nSPS) is 10.4. The van der Waals surface area contributed by atoms with E-state index in [0.717, 1.165) is 66.3 Å². The maximum atomic E-state index is 10.8. The van der Waals surface area contributed by atoms with Crippen molar-refractivity contribution in [3.05, 3.63) is 42.5 Å². The van der Waals surface area contributed by atoms with Crippen LogP contribution in [0.4, 0.5) is 11.4 Å². The van der Waals surface area contributed by atoms with Crippen molar-refractivity contribution in [2.24, 2.45) is 5.73 Å². The molecular weight excluding hydrogens is 357 g/mol. The number of rotatable bonds is 12. The van der Waals surface area contributed by atoms with Crippen molar-refractivity contribution in [2.75, 3.05) is 29.8 Å². The fourth-order valence-corrected chi connectivity index (χ4v) is 3.75. The molecule has 5 nitrogen and oxygen atoms in total. The average Bonchev–Trinajstić information content (AvgIpc) is 2.68. The molecule has 2 aromatic carbocycles. The third-order valence-corrected chi connectivity index (χ3v) is 5.22. The summed E-state index contributed by atoms with van der Waals surface area (Å²) < 4.78 is 7.72. The molecular formula is C20H26BN3O2S. The number of nitrogens with one attached hydrogen (secondary N) is 1. The van der Waals surface area contributed by atoms with Crippen molar-refractivity contribution in [3.8, 4) is 5.75 Å². The van der Waals surface area contributed by atoms with Gasteiger partial charge in [-0.05, 0) is 61.7 Å². The Balaban J connectivity index is 2.18. The van der Waals surface area contributed by atoms with Crippen molar-refractivity contribution in [2.45, 2.75) is 30.6 Å². The predicted molar refractivity (Wildman–Crippen MR) is 115 cm³/mol. The van der Waals surface area contributed by atoms with E-state index in [0.29, 0.717) is 6.41 Å². The minimum atomic E-state index is 0.672. The zero-order chi connectivity index (χ0) is 19.5. The van der Waals surface area contributed by atoms with Crippen LogP contribution >= 0.6 is 11.9 Å². The van der Waals surface area contributed by atoms with Crippen molar-refractivity contribution in [3.63, 3.8) is 0 Å². The van der Waals surface area contributed by atoms with Gasteiger partial charge in [-0.3, -0.25) is 4.79 Å². The number of ether oxygens (including phenoxy) is 1. The third kappa shape index (κ3) is 6.84. The van der Waals surface area contributed by atoms with Crippen LogP contribution in [0.5, 0.6) is 5.75 Å². The molecule has 0 aliphatic heterocycles. The van der Waals surface area contributed by atoms with Crippen LogP contribution in [0.3, 0.4) is 0 Å². The van der Waals surface area contributed by atoms with Gasteiger partial charge in [-0.1, -0.05) is 30.4 Å². The first-order valence-electron chi connectivity index (χ1n) is 9.07. The lowest BCUT2D eigenvalue weighted by molar-refractivity contribution is -0.105. The highest BCUT2D eigenvalue weighted by Crippen LogP contribution is 2.36. The minimum absolute atomic E-state index is 0.672. The molecule has 2 rings (SSSR count). The standard InChI is InChI=1S/C20H26BN3O2S/c1-26-19-11-8-17(23-15-25)14-20(19)27-24(13-5-3-2-4-12-22)18-9-6-16(21)7-10-18/h6-11,14-15H,2-5,12-13,22H2,1H3,(H,23,25). The molecule has 2 radical (unpaired) electrons. The zero-order valence-corrected chi connectivity index (χ0v) is 16.5. The number of methoxy groups -OCH3 is 1. The van der Waals surface area contributed by atoms with Crippen LogP contribution in [-0.2, 0) is 4.79 Å². The van der Waals surface area contributed by atoms with Crippen LogP contribution in [0, 0.1) is 0 Å². The number of unbranched alkanes of at least 4 members (excludes halogenated alkanes) is 3. The molecule has 1 amide bonds. The molecule has 0 spiro atoms. The van der Waals surface area contributed by atoms with Gasteiger partial charge >= 0.3 is 0 Å². The van der Waals surface area contributed by atoms with Gasteiger partial charge in [0.15, 0.2) is 0 Å². The van der Waals surface area contributed by atoms with Crippen molar-refractivity contribution in [1.82, 2.24) is 0 Å². The maximum absolute atomic E-state index is 10.8. The summed E-state index contributed by atoms with van der Waals surface area (Å²) in [5.41, 5.74) is 8.12. The largest absolute Gasteiger partial charge is 0.496 e. The number of carbonyl (C=O) groups is 1. The van der Waals surface area contributed by atoms with Crippen LogP contribution in [0.1, 0.15) is 25.7 Å². The lowest BCUT2D eigenvalue weighted by Crippen LogP contribution is -2.17. The Labute approximate surface area is 167 Å². The highest BCUT2D eigenvalue weighted by molar-refractivity contribution is 8.00. The smallest absolute Gasteiger partial charge is 0.211 e. The fourth-order valence-electron chi connectivity index (χ4n) is 2.65. The van der Waals surface area contributed by atoms with Crippen molar-refractivity contribution >= 4 is 43.0 Å². The minimum Gasteiger partial charge on any atom is -0.496 e. The van der Waals surface area contributed by atoms with Gasteiger partial charge in [0.25, 0.3) is 0 Å². The molecule has 0 bridgehead atoms. The fraction of sp³-hybridized carbons (Fsp3) is 0.350. The molecule has 27 heavy (non-hydrogen) atoms. The highest BCUT2D eigenvalue weighted by atomic mass is 32.2. The Bertz CT molecular complexity index is 713. The van der Waals surface area contributed by atoms with Crippen LogP contribution in [0.25, 0.3) is 0 Å². The molecule has 7 heteroatoms. The number of nitrogens with two attached hydrogens (primary N) is 1. The number of benzene rings is 2. The number of amides is 1. The topological polar surface area (TPSA) is 67.6 Å². The summed E-state index contributed by atoms with van der Waals surface area (Å²) in [6, 6.07) is 13.4. The van der Waals surface area contributed by atoms with Crippen molar-refractivity contribution in [1.29, 1.82) is 0 Å². The van der Waals surface area contributed by atoms with E-state index in [4.69, 9.17) is 18.3 Å².